The number of benzene rings is 1. The zero-order chi connectivity index (χ0) is 14.5. The zero-order valence-corrected chi connectivity index (χ0v) is 11.9. The topological polar surface area (TPSA) is 59.0 Å². The van der Waals surface area contributed by atoms with Crippen LogP contribution in [0.5, 0.6) is 0 Å². The summed E-state index contributed by atoms with van der Waals surface area (Å²) < 4.78 is 10.5. The van der Waals surface area contributed by atoms with Gasteiger partial charge in [-0.2, -0.15) is 0 Å². The highest BCUT2D eigenvalue weighted by atomic mass is 16.5. The average Bonchev–Trinajstić information content (AvgIpc) is 2.47. The molecule has 0 radical (unpaired) electrons. The Balaban J connectivity index is 2.08. The largest absolute Gasteiger partial charge is 0.391 e. The Morgan fingerprint density at radius 1 is 1.60 bits per heavy atom. The van der Waals surface area contributed by atoms with Crippen LogP contribution in [-0.2, 0) is 16.1 Å². The number of methoxy groups -OCH3 is 1. The standard InChI is InChI=1S/C15H21NO4/c1-11(17)14-9-16(6-7-20-14)15(18)13-5-3-4-12(8-13)10-19-2/h3-5,8,11,14,17H,6-7,9-10H2,1-2H3. The summed E-state index contributed by atoms with van der Waals surface area (Å²) in [5.41, 5.74) is 1.62. The molecule has 2 rings (SSSR count). The van der Waals surface area contributed by atoms with Crippen LogP contribution in [0, 0.1) is 0 Å². The molecule has 1 amide bonds. The molecule has 5 nitrogen and oxygen atoms in total. The Labute approximate surface area is 119 Å². The van der Waals surface area contributed by atoms with Crippen LogP contribution in [0.4, 0.5) is 0 Å². The number of rotatable bonds is 4. The van der Waals surface area contributed by atoms with Crippen molar-refractivity contribution in [2.45, 2.75) is 25.7 Å². The molecule has 0 aromatic heterocycles. The lowest BCUT2D eigenvalue weighted by Gasteiger charge is -2.34. The molecule has 1 aliphatic rings. The highest BCUT2D eigenvalue weighted by molar-refractivity contribution is 5.94. The second-order valence-electron chi connectivity index (χ2n) is 5.03. The van der Waals surface area contributed by atoms with Crippen molar-refractivity contribution in [2.24, 2.45) is 0 Å². The van der Waals surface area contributed by atoms with Gasteiger partial charge in [0.15, 0.2) is 0 Å². The third-order valence-electron chi connectivity index (χ3n) is 3.40. The number of aliphatic hydroxyl groups is 1. The quantitative estimate of drug-likeness (QED) is 0.895. The summed E-state index contributed by atoms with van der Waals surface area (Å²) in [6.45, 7) is 3.60. The van der Waals surface area contributed by atoms with E-state index in [-0.39, 0.29) is 12.0 Å². The number of carbonyl (C=O) groups excluding carboxylic acids is 1. The van der Waals surface area contributed by atoms with Crippen LogP contribution in [-0.4, -0.2) is 54.9 Å². The SMILES string of the molecule is COCc1cccc(C(=O)N2CCOC(C(C)O)C2)c1. The molecule has 1 saturated heterocycles. The van der Waals surface area contributed by atoms with Crippen LogP contribution in [0.2, 0.25) is 0 Å². The van der Waals surface area contributed by atoms with E-state index in [4.69, 9.17) is 9.47 Å². The summed E-state index contributed by atoms with van der Waals surface area (Å²) in [6.07, 6.45) is -0.889. The van der Waals surface area contributed by atoms with Gasteiger partial charge in [0.2, 0.25) is 0 Å². The minimum absolute atomic E-state index is 0.0306. The Bertz CT molecular complexity index is 461. The minimum atomic E-state index is -0.578. The molecule has 2 unspecified atom stereocenters. The van der Waals surface area contributed by atoms with Gasteiger partial charge in [0, 0.05) is 25.8 Å². The van der Waals surface area contributed by atoms with Crippen molar-refractivity contribution in [3.63, 3.8) is 0 Å². The van der Waals surface area contributed by atoms with Crippen LogP contribution in [0.3, 0.4) is 0 Å². The first-order chi connectivity index (χ1) is 9.61. The molecule has 1 heterocycles. The normalized spacial score (nSPS) is 20.8. The third kappa shape index (κ3) is 3.56. The van der Waals surface area contributed by atoms with Crippen molar-refractivity contribution in [2.75, 3.05) is 26.8 Å². The molecule has 1 aliphatic heterocycles. The highest BCUT2D eigenvalue weighted by Gasteiger charge is 2.27. The predicted molar refractivity (Wildman–Crippen MR) is 74.5 cm³/mol. The van der Waals surface area contributed by atoms with Gasteiger partial charge in [-0.15, -0.1) is 0 Å². The maximum absolute atomic E-state index is 12.5. The van der Waals surface area contributed by atoms with Gasteiger partial charge in [-0.1, -0.05) is 12.1 Å². The molecule has 110 valence electrons. The average molecular weight is 279 g/mol. The number of morpholine rings is 1. The van der Waals surface area contributed by atoms with Crippen molar-refractivity contribution >= 4 is 5.91 Å². The number of carbonyl (C=O) groups is 1. The van der Waals surface area contributed by atoms with Gasteiger partial charge >= 0.3 is 0 Å². The molecule has 1 aromatic rings. The molecule has 1 aromatic carbocycles. The van der Waals surface area contributed by atoms with E-state index >= 15 is 0 Å². The summed E-state index contributed by atoms with van der Waals surface area (Å²) in [6, 6.07) is 7.43. The molecular formula is C15H21NO4. The summed E-state index contributed by atoms with van der Waals surface area (Å²) in [5.74, 6) is -0.0306. The van der Waals surface area contributed by atoms with E-state index in [1.165, 1.54) is 0 Å². The first-order valence-corrected chi connectivity index (χ1v) is 6.78. The molecule has 1 fully saturated rings. The van der Waals surface area contributed by atoms with Crippen LogP contribution >= 0.6 is 0 Å². The van der Waals surface area contributed by atoms with E-state index in [1.807, 2.05) is 18.2 Å². The van der Waals surface area contributed by atoms with Gasteiger partial charge < -0.3 is 19.5 Å². The van der Waals surface area contributed by atoms with Gasteiger partial charge in [0.05, 0.1) is 19.3 Å². The first-order valence-electron chi connectivity index (χ1n) is 6.78. The van der Waals surface area contributed by atoms with E-state index in [9.17, 15) is 9.90 Å². The monoisotopic (exact) mass is 279 g/mol. The smallest absolute Gasteiger partial charge is 0.254 e. The molecule has 20 heavy (non-hydrogen) atoms. The Hall–Kier alpha value is -1.43. The molecule has 5 heteroatoms. The summed E-state index contributed by atoms with van der Waals surface area (Å²) in [7, 11) is 1.63. The summed E-state index contributed by atoms with van der Waals surface area (Å²) in [5, 5.41) is 9.58. The van der Waals surface area contributed by atoms with Crippen molar-refractivity contribution in [1.82, 2.24) is 4.90 Å². The van der Waals surface area contributed by atoms with Gasteiger partial charge in [-0.3, -0.25) is 4.79 Å². The number of amides is 1. The summed E-state index contributed by atoms with van der Waals surface area (Å²) >= 11 is 0. The summed E-state index contributed by atoms with van der Waals surface area (Å²) in [4.78, 5) is 14.2. The van der Waals surface area contributed by atoms with Gasteiger partial charge in [-0.25, -0.2) is 0 Å². The maximum atomic E-state index is 12.5. The van der Waals surface area contributed by atoms with Crippen LogP contribution in [0.1, 0.15) is 22.8 Å². The predicted octanol–water partition coefficient (Wildman–Crippen LogP) is 1.05. The highest BCUT2D eigenvalue weighted by Crippen LogP contribution is 2.14. The number of hydrogen-bond acceptors (Lipinski definition) is 4. The van der Waals surface area contributed by atoms with Crippen molar-refractivity contribution in [3.8, 4) is 0 Å². The lowest BCUT2D eigenvalue weighted by molar-refractivity contribution is -0.0745. The number of nitrogens with zero attached hydrogens (tertiary/aromatic N) is 1. The van der Waals surface area contributed by atoms with Crippen molar-refractivity contribution < 1.29 is 19.4 Å². The molecule has 1 N–H and O–H groups in total. The fourth-order valence-electron chi connectivity index (χ4n) is 2.30. The van der Waals surface area contributed by atoms with E-state index in [0.717, 1.165) is 5.56 Å². The zero-order valence-electron chi connectivity index (χ0n) is 11.9. The molecule has 0 spiro atoms. The van der Waals surface area contributed by atoms with Crippen LogP contribution in [0.15, 0.2) is 24.3 Å². The number of aliphatic hydroxyl groups excluding tert-OH is 1. The van der Waals surface area contributed by atoms with E-state index in [1.54, 1.807) is 25.0 Å². The molecular weight excluding hydrogens is 258 g/mol. The fourth-order valence-corrected chi connectivity index (χ4v) is 2.30. The Morgan fingerprint density at radius 3 is 3.10 bits per heavy atom. The van der Waals surface area contributed by atoms with Crippen LogP contribution in [0.25, 0.3) is 0 Å². The third-order valence-corrected chi connectivity index (χ3v) is 3.40. The molecule has 0 aliphatic carbocycles. The van der Waals surface area contributed by atoms with Crippen molar-refractivity contribution in [1.29, 1.82) is 0 Å². The van der Waals surface area contributed by atoms with Crippen molar-refractivity contribution in [3.05, 3.63) is 35.4 Å². The lowest BCUT2D eigenvalue weighted by atomic mass is 10.1. The van der Waals surface area contributed by atoms with Crippen LogP contribution < -0.4 is 0 Å². The Kier molecular flexibility index (Phi) is 5.11. The second-order valence-corrected chi connectivity index (χ2v) is 5.03. The van der Waals surface area contributed by atoms with E-state index in [0.29, 0.717) is 31.9 Å². The van der Waals surface area contributed by atoms with Gasteiger partial charge in [0.1, 0.15) is 6.10 Å². The maximum Gasteiger partial charge on any atom is 0.254 e. The molecule has 0 bridgehead atoms. The van der Waals surface area contributed by atoms with E-state index in [2.05, 4.69) is 0 Å². The second kappa shape index (κ2) is 6.83. The molecule has 0 saturated carbocycles. The van der Waals surface area contributed by atoms with Gasteiger partial charge in [-0.05, 0) is 24.6 Å². The van der Waals surface area contributed by atoms with Gasteiger partial charge in [0.25, 0.3) is 5.91 Å². The lowest BCUT2D eigenvalue weighted by Crippen LogP contribution is -2.49. The minimum Gasteiger partial charge on any atom is -0.391 e. The Morgan fingerprint density at radius 2 is 2.40 bits per heavy atom. The number of hydrogen-bond donors (Lipinski definition) is 1. The first kappa shape index (κ1) is 15.0. The van der Waals surface area contributed by atoms with E-state index < -0.39 is 6.10 Å². The molecule has 2 atom stereocenters. The fraction of sp³-hybridized carbons (Fsp3) is 0.533. The number of ether oxygens (including phenoxy) is 2.